The summed E-state index contributed by atoms with van der Waals surface area (Å²) >= 11 is 0. The van der Waals surface area contributed by atoms with Crippen LogP contribution in [0, 0.1) is 0 Å². The van der Waals surface area contributed by atoms with E-state index in [0.717, 1.165) is 0 Å². The lowest BCUT2D eigenvalue weighted by molar-refractivity contribution is 0.416. The van der Waals surface area contributed by atoms with Crippen molar-refractivity contribution in [3.05, 3.63) is 24.8 Å². The Bertz CT molecular complexity index is 500. The van der Waals surface area contributed by atoms with Crippen molar-refractivity contribution in [2.45, 2.75) is 0 Å². The summed E-state index contributed by atoms with van der Waals surface area (Å²) in [6.45, 7) is 0. The highest BCUT2D eigenvalue weighted by Crippen LogP contribution is 2.36. The minimum atomic E-state index is 0.408. The number of hydrogen-bond acceptors (Lipinski definition) is 6. The van der Waals surface area contributed by atoms with Crippen LogP contribution < -0.4 is 16.2 Å². The number of nitrogens with two attached hydrogens (primary N) is 2. The van der Waals surface area contributed by atoms with Crippen LogP contribution in [0.15, 0.2) is 24.8 Å². The lowest BCUT2D eigenvalue weighted by Crippen LogP contribution is -2.02. The first-order chi connectivity index (χ1) is 7.74. The smallest absolute Gasteiger partial charge is 0.168 e. The van der Waals surface area contributed by atoms with Crippen molar-refractivity contribution in [1.82, 2.24) is 15.0 Å². The molecule has 6 heteroatoms. The van der Waals surface area contributed by atoms with E-state index < -0.39 is 0 Å². The number of rotatable bonds is 2. The fraction of sp³-hybridized carbons (Fsp3) is 0.100. The molecule has 4 N–H and O–H groups in total. The Morgan fingerprint density at radius 3 is 2.44 bits per heavy atom. The SMILES string of the molecule is COc1ccc(N)c(N)c1-c1ncncn1. The molecule has 0 aliphatic heterocycles. The molecule has 1 aromatic heterocycles. The third-order valence-electron chi connectivity index (χ3n) is 2.18. The van der Waals surface area contributed by atoms with Gasteiger partial charge in [-0.25, -0.2) is 15.0 Å². The van der Waals surface area contributed by atoms with Gasteiger partial charge in [0.05, 0.1) is 24.0 Å². The standard InChI is InChI=1S/C10H11N5O/c1-16-7-3-2-6(11)9(12)8(7)10-14-4-13-5-15-10/h2-5H,11-12H2,1H3. The zero-order valence-corrected chi connectivity index (χ0v) is 8.71. The molecular weight excluding hydrogens is 206 g/mol. The third kappa shape index (κ3) is 1.60. The molecule has 0 saturated carbocycles. The Morgan fingerprint density at radius 1 is 1.12 bits per heavy atom. The van der Waals surface area contributed by atoms with Crippen LogP contribution in [0.25, 0.3) is 11.4 Å². The molecule has 0 spiro atoms. The van der Waals surface area contributed by atoms with Crippen molar-refractivity contribution in [2.75, 3.05) is 18.6 Å². The van der Waals surface area contributed by atoms with Crippen LogP contribution in [0.5, 0.6) is 5.75 Å². The first-order valence-corrected chi connectivity index (χ1v) is 4.58. The van der Waals surface area contributed by atoms with Gasteiger partial charge in [0.1, 0.15) is 18.4 Å². The summed E-state index contributed by atoms with van der Waals surface area (Å²) in [5.41, 5.74) is 13.1. The molecule has 0 amide bonds. The minimum Gasteiger partial charge on any atom is -0.496 e. The largest absolute Gasteiger partial charge is 0.496 e. The molecule has 2 aromatic rings. The second-order valence-corrected chi connectivity index (χ2v) is 3.11. The van der Waals surface area contributed by atoms with E-state index in [9.17, 15) is 0 Å². The third-order valence-corrected chi connectivity index (χ3v) is 2.18. The van der Waals surface area contributed by atoms with E-state index in [1.54, 1.807) is 19.2 Å². The predicted octanol–water partition coefficient (Wildman–Crippen LogP) is 0.712. The van der Waals surface area contributed by atoms with Gasteiger partial charge in [0, 0.05) is 0 Å². The zero-order chi connectivity index (χ0) is 11.5. The van der Waals surface area contributed by atoms with E-state index in [-0.39, 0.29) is 0 Å². The van der Waals surface area contributed by atoms with E-state index in [1.807, 2.05) is 0 Å². The van der Waals surface area contributed by atoms with E-state index in [1.165, 1.54) is 12.7 Å². The van der Waals surface area contributed by atoms with Crippen molar-refractivity contribution in [3.63, 3.8) is 0 Å². The Morgan fingerprint density at radius 2 is 1.81 bits per heavy atom. The summed E-state index contributed by atoms with van der Waals surface area (Å²) in [7, 11) is 1.55. The topological polar surface area (TPSA) is 99.9 Å². The molecule has 6 nitrogen and oxygen atoms in total. The van der Waals surface area contributed by atoms with Crippen LogP contribution in [-0.2, 0) is 0 Å². The maximum atomic E-state index is 5.89. The number of nitrogen functional groups attached to an aromatic ring is 2. The lowest BCUT2D eigenvalue weighted by Gasteiger charge is -2.11. The molecule has 1 aromatic carbocycles. The molecule has 2 rings (SSSR count). The molecule has 0 aliphatic carbocycles. The predicted molar refractivity (Wildman–Crippen MR) is 60.6 cm³/mol. The number of anilines is 2. The van der Waals surface area contributed by atoms with Crippen LogP contribution in [0.1, 0.15) is 0 Å². The van der Waals surface area contributed by atoms with Gasteiger partial charge in [0.15, 0.2) is 5.82 Å². The summed E-state index contributed by atoms with van der Waals surface area (Å²) < 4.78 is 5.20. The summed E-state index contributed by atoms with van der Waals surface area (Å²) in [5, 5.41) is 0. The van der Waals surface area contributed by atoms with E-state index in [0.29, 0.717) is 28.5 Å². The Balaban J connectivity index is 2.67. The van der Waals surface area contributed by atoms with Crippen molar-refractivity contribution in [2.24, 2.45) is 0 Å². The van der Waals surface area contributed by atoms with Gasteiger partial charge in [-0.2, -0.15) is 0 Å². The highest BCUT2D eigenvalue weighted by molar-refractivity contribution is 5.85. The zero-order valence-electron chi connectivity index (χ0n) is 8.71. The highest BCUT2D eigenvalue weighted by Gasteiger charge is 2.14. The van der Waals surface area contributed by atoms with Crippen LogP contribution in [-0.4, -0.2) is 22.1 Å². The second-order valence-electron chi connectivity index (χ2n) is 3.11. The highest BCUT2D eigenvalue weighted by atomic mass is 16.5. The van der Waals surface area contributed by atoms with Gasteiger partial charge in [-0.3, -0.25) is 0 Å². The van der Waals surface area contributed by atoms with Crippen molar-refractivity contribution in [1.29, 1.82) is 0 Å². The summed E-state index contributed by atoms with van der Waals surface area (Å²) in [4.78, 5) is 11.8. The first-order valence-electron chi connectivity index (χ1n) is 4.58. The van der Waals surface area contributed by atoms with Gasteiger partial charge in [0.25, 0.3) is 0 Å². The Labute approximate surface area is 92.3 Å². The van der Waals surface area contributed by atoms with E-state index in [4.69, 9.17) is 16.2 Å². The van der Waals surface area contributed by atoms with Gasteiger partial charge in [-0.1, -0.05) is 0 Å². The molecule has 0 aliphatic rings. The average molecular weight is 217 g/mol. The number of ether oxygens (including phenoxy) is 1. The van der Waals surface area contributed by atoms with Crippen LogP contribution in [0.4, 0.5) is 11.4 Å². The van der Waals surface area contributed by atoms with Crippen LogP contribution in [0.3, 0.4) is 0 Å². The molecular formula is C10H11N5O. The number of nitrogens with zero attached hydrogens (tertiary/aromatic N) is 3. The fourth-order valence-corrected chi connectivity index (χ4v) is 1.38. The lowest BCUT2D eigenvalue weighted by atomic mass is 10.1. The number of methoxy groups -OCH3 is 1. The van der Waals surface area contributed by atoms with Crippen molar-refractivity contribution in [3.8, 4) is 17.1 Å². The minimum absolute atomic E-state index is 0.408. The average Bonchev–Trinajstić information content (AvgIpc) is 2.33. The normalized spacial score (nSPS) is 10.1. The van der Waals surface area contributed by atoms with Crippen molar-refractivity contribution >= 4 is 11.4 Å². The van der Waals surface area contributed by atoms with E-state index >= 15 is 0 Å². The molecule has 0 atom stereocenters. The van der Waals surface area contributed by atoms with Crippen LogP contribution in [0.2, 0.25) is 0 Å². The molecule has 0 radical (unpaired) electrons. The number of benzene rings is 1. The molecule has 82 valence electrons. The van der Waals surface area contributed by atoms with Crippen molar-refractivity contribution < 1.29 is 4.74 Å². The molecule has 0 saturated heterocycles. The van der Waals surface area contributed by atoms with Gasteiger partial charge < -0.3 is 16.2 Å². The molecule has 1 heterocycles. The Hall–Kier alpha value is -2.37. The summed E-state index contributed by atoms with van der Waals surface area (Å²) in [6.07, 6.45) is 2.79. The van der Waals surface area contributed by atoms with E-state index in [2.05, 4.69) is 15.0 Å². The molecule has 0 bridgehead atoms. The first kappa shape index (κ1) is 10.2. The van der Waals surface area contributed by atoms with Gasteiger partial charge in [-0.15, -0.1) is 0 Å². The quantitative estimate of drug-likeness (QED) is 0.718. The number of hydrogen-bond donors (Lipinski definition) is 2. The molecule has 0 unspecified atom stereocenters. The number of aromatic nitrogens is 3. The van der Waals surface area contributed by atoms with Gasteiger partial charge in [0.2, 0.25) is 0 Å². The molecule has 0 fully saturated rings. The maximum absolute atomic E-state index is 5.89. The second kappa shape index (κ2) is 4.01. The Kier molecular flexibility index (Phi) is 2.55. The summed E-state index contributed by atoms with van der Waals surface area (Å²) in [6, 6.07) is 3.41. The monoisotopic (exact) mass is 217 g/mol. The maximum Gasteiger partial charge on any atom is 0.168 e. The molecule has 16 heavy (non-hydrogen) atoms. The van der Waals surface area contributed by atoms with Gasteiger partial charge in [-0.05, 0) is 12.1 Å². The fourth-order valence-electron chi connectivity index (χ4n) is 1.38. The summed E-state index contributed by atoms with van der Waals surface area (Å²) in [5.74, 6) is 1.02. The van der Waals surface area contributed by atoms with Gasteiger partial charge >= 0.3 is 0 Å². The van der Waals surface area contributed by atoms with Crippen LogP contribution >= 0.6 is 0 Å².